The fraction of sp³-hybridized carbons (Fsp3) is 0.600. The molecule has 7 nitrogen and oxygen atoms in total. The smallest absolute Gasteiger partial charge is 0.358 e. The van der Waals surface area contributed by atoms with Gasteiger partial charge in [-0.15, -0.1) is 5.10 Å². The Morgan fingerprint density at radius 3 is 2.76 bits per heavy atom. The van der Waals surface area contributed by atoms with Crippen molar-refractivity contribution >= 4 is 11.9 Å². The minimum absolute atomic E-state index is 0.0277. The minimum Gasteiger partial charge on any atom is -0.476 e. The van der Waals surface area contributed by atoms with Crippen LogP contribution in [0.15, 0.2) is 0 Å². The summed E-state index contributed by atoms with van der Waals surface area (Å²) >= 11 is 0. The van der Waals surface area contributed by atoms with Gasteiger partial charge in [-0.3, -0.25) is 4.79 Å². The highest BCUT2D eigenvalue weighted by Crippen LogP contribution is 2.41. The van der Waals surface area contributed by atoms with Crippen LogP contribution in [-0.2, 0) is 11.3 Å². The van der Waals surface area contributed by atoms with E-state index < -0.39 is 5.97 Å². The van der Waals surface area contributed by atoms with Crippen LogP contribution in [0.3, 0.4) is 0 Å². The lowest BCUT2D eigenvalue weighted by molar-refractivity contribution is -0.121. The van der Waals surface area contributed by atoms with Gasteiger partial charge in [-0.25, -0.2) is 9.48 Å². The zero-order valence-corrected chi connectivity index (χ0v) is 9.51. The Hall–Kier alpha value is -1.92. The first-order valence-corrected chi connectivity index (χ1v) is 5.56. The molecule has 0 bridgehead atoms. The van der Waals surface area contributed by atoms with Crippen molar-refractivity contribution in [1.82, 2.24) is 20.3 Å². The summed E-state index contributed by atoms with van der Waals surface area (Å²) in [4.78, 5) is 22.4. The second-order valence-corrected chi connectivity index (χ2v) is 4.01. The van der Waals surface area contributed by atoms with E-state index in [1.54, 1.807) is 0 Å². The molecule has 1 aliphatic carbocycles. The zero-order chi connectivity index (χ0) is 12.4. The minimum atomic E-state index is -1.09. The number of nitrogens with zero attached hydrogens (tertiary/aromatic N) is 3. The van der Waals surface area contributed by atoms with E-state index in [-0.39, 0.29) is 24.1 Å². The first-order valence-electron chi connectivity index (χ1n) is 5.56. The van der Waals surface area contributed by atoms with Crippen molar-refractivity contribution in [2.45, 2.75) is 32.2 Å². The van der Waals surface area contributed by atoms with Gasteiger partial charge < -0.3 is 10.4 Å². The summed E-state index contributed by atoms with van der Waals surface area (Å²) in [6, 6.07) is 0. The van der Waals surface area contributed by atoms with E-state index in [2.05, 4.69) is 15.6 Å². The fourth-order valence-electron chi connectivity index (χ4n) is 1.74. The third-order valence-electron chi connectivity index (χ3n) is 2.61. The summed E-state index contributed by atoms with van der Waals surface area (Å²) in [5.41, 5.74) is 0.542. The number of amides is 1. The van der Waals surface area contributed by atoms with Gasteiger partial charge in [0.05, 0.1) is 5.69 Å². The van der Waals surface area contributed by atoms with Crippen LogP contribution in [0, 0.1) is 0 Å². The summed E-state index contributed by atoms with van der Waals surface area (Å²) in [6.45, 7) is 2.39. The molecule has 0 radical (unpaired) electrons. The Kier molecular flexibility index (Phi) is 3.08. The molecule has 7 heteroatoms. The number of nitrogens with one attached hydrogen (secondary N) is 1. The molecule has 0 saturated heterocycles. The average molecular weight is 238 g/mol. The molecular weight excluding hydrogens is 224 g/mol. The van der Waals surface area contributed by atoms with Crippen LogP contribution in [0.25, 0.3) is 0 Å². The summed E-state index contributed by atoms with van der Waals surface area (Å²) in [5.74, 6) is -1.09. The van der Waals surface area contributed by atoms with Crippen molar-refractivity contribution in [3.63, 3.8) is 0 Å². The molecule has 1 aromatic heterocycles. The number of aromatic nitrogens is 3. The summed E-state index contributed by atoms with van der Waals surface area (Å²) in [5, 5.41) is 19.0. The quantitative estimate of drug-likeness (QED) is 0.752. The summed E-state index contributed by atoms with van der Waals surface area (Å²) < 4.78 is 1.39. The first kappa shape index (κ1) is 11.6. The van der Waals surface area contributed by atoms with Gasteiger partial charge >= 0.3 is 5.97 Å². The molecule has 1 amide bonds. The number of carboxylic acid groups (broad SMARTS) is 1. The normalized spacial score (nSPS) is 14.6. The molecule has 1 fully saturated rings. The molecule has 0 atom stereocenters. The molecule has 92 valence electrons. The second-order valence-electron chi connectivity index (χ2n) is 4.01. The standard InChI is InChI=1S/C10H14N4O3/c1-2-11-7(15)5-14-9(6-3-4-6)8(10(16)17)12-13-14/h6H,2-5H2,1H3,(H,11,15)(H,16,17). The molecule has 2 rings (SSSR count). The van der Waals surface area contributed by atoms with Gasteiger partial charge in [0.1, 0.15) is 6.54 Å². The maximum absolute atomic E-state index is 11.4. The first-order chi connectivity index (χ1) is 8.13. The molecule has 1 aliphatic rings. The predicted molar refractivity (Wildman–Crippen MR) is 57.6 cm³/mol. The number of carbonyl (C=O) groups excluding carboxylic acids is 1. The van der Waals surface area contributed by atoms with Crippen molar-refractivity contribution in [3.8, 4) is 0 Å². The van der Waals surface area contributed by atoms with Crippen molar-refractivity contribution in [1.29, 1.82) is 0 Å². The van der Waals surface area contributed by atoms with Crippen molar-refractivity contribution in [3.05, 3.63) is 11.4 Å². The van der Waals surface area contributed by atoms with E-state index >= 15 is 0 Å². The number of rotatable bonds is 5. The van der Waals surface area contributed by atoms with Crippen LogP contribution in [0.4, 0.5) is 0 Å². The Balaban J connectivity index is 2.22. The fourth-order valence-corrected chi connectivity index (χ4v) is 1.74. The molecule has 1 saturated carbocycles. The van der Waals surface area contributed by atoms with E-state index in [0.29, 0.717) is 12.2 Å². The number of likely N-dealkylation sites (N-methyl/N-ethyl adjacent to an activating group) is 1. The SMILES string of the molecule is CCNC(=O)Cn1nnc(C(=O)O)c1C1CC1. The highest BCUT2D eigenvalue weighted by atomic mass is 16.4. The topological polar surface area (TPSA) is 97.1 Å². The molecule has 1 aromatic rings. The van der Waals surface area contributed by atoms with Gasteiger partial charge in [0, 0.05) is 12.5 Å². The lowest BCUT2D eigenvalue weighted by Gasteiger charge is -2.05. The van der Waals surface area contributed by atoms with Crippen LogP contribution < -0.4 is 5.32 Å². The van der Waals surface area contributed by atoms with Gasteiger partial charge in [-0.1, -0.05) is 5.21 Å². The van der Waals surface area contributed by atoms with Gasteiger partial charge in [-0.05, 0) is 19.8 Å². The number of hydrogen-bond acceptors (Lipinski definition) is 4. The predicted octanol–water partition coefficient (Wildman–Crippen LogP) is -0.0102. The lowest BCUT2D eigenvalue weighted by atomic mass is 10.2. The molecule has 0 aromatic carbocycles. The van der Waals surface area contributed by atoms with Crippen molar-refractivity contribution in [2.24, 2.45) is 0 Å². The van der Waals surface area contributed by atoms with Crippen LogP contribution in [0.1, 0.15) is 41.9 Å². The number of carboxylic acids is 1. The number of carbonyl (C=O) groups is 2. The number of hydrogen-bond donors (Lipinski definition) is 2. The Morgan fingerprint density at radius 1 is 1.53 bits per heavy atom. The molecule has 17 heavy (non-hydrogen) atoms. The molecule has 0 spiro atoms. The number of aromatic carboxylic acids is 1. The highest BCUT2D eigenvalue weighted by molar-refractivity contribution is 5.87. The van der Waals surface area contributed by atoms with E-state index in [1.165, 1.54) is 4.68 Å². The van der Waals surface area contributed by atoms with Gasteiger partial charge in [0.15, 0.2) is 5.69 Å². The monoisotopic (exact) mass is 238 g/mol. The van der Waals surface area contributed by atoms with Crippen LogP contribution in [0.5, 0.6) is 0 Å². The average Bonchev–Trinajstić information content (AvgIpc) is 3.00. The van der Waals surface area contributed by atoms with Crippen LogP contribution in [0.2, 0.25) is 0 Å². The van der Waals surface area contributed by atoms with Gasteiger partial charge in [0.25, 0.3) is 0 Å². The van der Waals surface area contributed by atoms with E-state index in [4.69, 9.17) is 5.11 Å². The maximum atomic E-state index is 11.4. The van der Waals surface area contributed by atoms with E-state index in [0.717, 1.165) is 12.8 Å². The van der Waals surface area contributed by atoms with Gasteiger partial charge in [0.2, 0.25) is 5.91 Å². The van der Waals surface area contributed by atoms with Crippen LogP contribution in [-0.4, -0.2) is 38.5 Å². The largest absolute Gasteiger partial charge is 0.476 e. The van der Waals surface area contributed by atoms with E-state index in [9.17, 15) is 9.59 Å². The summed E-state index contributed by atoms with van der Waals surface area (Å²) in [6.07, 6.45) is 1.87. The Bertz CT molecular complexity index is 450. The zero-order valence-electron chi connectivity index (χ0n) is 9.51. The second kappa shape index (κ2) is 4.52. The van der Waals surface area contributed by atoms with Gasteiger partial charge in [-0.2, -0.15) is 0 Å². The lowest BCUT2D eigenvalue weighted by Crippen LogP contribution is -2.28. The maximum Gasteiger partial charge on any atom is 0.358 e. The molecule has 2 N–H and O–H groups in total. The highest BCUT2D eigenvalue weighted by Gasteiger charge is 2.34. The third-order valence-corrected chi connectivity index (χ3v) is 2.61. The molecule has 0 unspecified atom stereocenters. The Morgan fingerprint density at radius 2 is 2.24 bits per heavy atom. The summed E-state index contributed by atoms with van der Waals surface area (Å²) in [7, 11) is 0. The van der Waals surface area contributed by atoms with Crippen molar-refractivity contribution in [2.75, 3.05) is 6.54 Å². The third kappa shape index (κ3) is 2.43. The van der Waals surface area contributed by atoms with E-state index in [1.807, 2.05) is 6.92 Å². The van der Waals surface area contributed by atoms with Crippen molar-refractivity contribution < 1.29 is 14.7 Å². The van der Waals surface area contributed by atoms with Crippen LogP contribution >= 0.6 is 0 Å². The molecule has 1 heterocycles. The molecule has 0 aliphatic heterocycles. The Labute approximate surface area is 97.8 Å². The molecular formula is C10H14N4O3.